The molecule has 2 aromatic carbocycles. The van der Waals surface area contributed by atoms with Crippen LogP contribution in [0, 0.1) is 5.82 Å². The fourth-order valence-corrected chi connectivity index (χ4v) is 1.79. The van der Waals surface area contributed by atoms with Gasteiger partial charge in [0, 0.05) is 31.0 Å². The molecule has 0 unspecified atom stereocenters. The van der Waals surface area contributed by atoms with E-state index in [1.165, 1.54) is 12.1 Å². The quantitative estimate of drug-likeness (QED) is 0.803. The van der Waals surface area contributed by atoms with Crippen molar-refractivity contribution in [1.29, 1.82) is 0 Å². The molecule has 0 radical (unpaired) electrons. The first kappa shape index (κ1) is 11.5. The molecular formula is C14H15FN2. The van der Waals surface area contributed by atoms with Crippen LogP contribution in [0.2, 0.25) is 0 Å². The number of nitrogens with two attached hydrogens (primary N) is 1. The lowest BCUT2D eigenvalue weighted by atomic mass is 10.0. The van der Waals surface area contributed by atoms with Crippen LogP contribution in [-0.4, -0.2) is 14.1 Å². The predicted molar refractivity (Wildman–Crippen MR) is 70.6 cm³/mol. The average molecular weight is 230 g/mol. The Kier molecular flexibility index (Phi) is 3.00. The van der Waals surface area contributed by atoms with Crippen molar-refractivity contribution in [2.24, 2.45) is 0 Å². The highest BCUT2D eigenvalue weighted by Gasteiger charge is 2.07. The van der Waals surface area contributed by atoms with E-state index >= 15 is 0 Å². The lowest BCUT2D eigenvalue weighted by molar-refractivity contribution is 0.628. The predicted octanol–water partition coefficient (Wildman–Crippen LogP) is 3.14. The fourth-order valence-electron chi connectivity index (χ4n) is 1.79. The van der Waals surface area contributed by atoms with Gasteiger partial charge in [-0.2, -0.15) is 0 Å². The van der Waals surface area contributed by atoms with Gasteiger partial charge in [-0.25, -0.2) is 4.39 Å². The molecule has 0 aliphatic heterocycles. The minimum absolute atomic E-state index is 0.226. The molecule has 17 heavy (non-hydrogen) atoms. The molecule has 0 heterocycles. The molecule has 3 heteroatoms. The lowest BCUT2D eigenvalue weighted by Gasteiger charge is -2.18. The summed E-state index contributed by atoms with van der Waals surface area (Å²) in [5.74, 6) is -0.226. The van der Waals surface area contributed by atoms with Crippen molar-refractivity contribution in [3.63, 3.8) is 0 Å². The number of hydrogen-bond donors (Lipinski definition) is 1. The Morgan fingerprint density at radius 3 is 2.24 bits per heavy atom. The lowest BCUT2D eigenvalue weighted by Crippen LogP contribution is -2.10. The van der Waals surface area contributed by atoms with Crippen LogP contribution in [0.15, 0.2) is 42.5 Å². The van der Waals surface area contributed by atoms with E-state index in [9.17, 15) is 4.39 Å². The number of hydrogen-bond acceptors (Lipinski definition) is 2. The third-order valence-electron chi connectivity index (χ3n) is 2.66. The second-order valence-electron chi connectivity index (χ2n) is 4.18. The van der Waals surface area contributed by atoms with Crippen LogP contribution in [0.3, 0.4) is 0 Å². The highest BCUT2D eigenvalue weighted by atomic mass is 19.1. The van der Waals surface area contributed by atoms with Gasteiger partial charge in [-0.1, -0.05) is 18.2 Å². The minimum Gasteiger partial charge on any atom is -0.399 e. The zero-order valence-electron chi connectivity index (χ0n) is 9.94. The molecule has 2 N–H and O–H groups in total. The van der Waals surface area contributed by atoms with E-state index in [0.29, 0.717) is 0 Å². The van der Waals surface area contributed by atoms with Crippen molar-refractivity contribution < 1.29 is 4.39 Å². The molecule has 0 aliphatic carbocycles. The van der Waals surface area contributed by atoms with Gasteiger partial charge >= 0.3 is 0 Å². The molecule has 0 spiro atoms. The number of anilines is 2. The van der Waals surface area contributed by atoms with E-state index < -0.39 is 0 Å². The minimum atomic E-state index is -0.226. The summed E-state index contributed by atoms with van der Waals surface area (Å²) in [6, 6.07) is 12.2. The van der Waals surface area contributed by atoms with Gasteiger partial charge < -0.3 is 10.6 Å². The summed E-state index contributed by atoms with van der Waals surface area (Å²) in [5.41, 5.74) is 9.55. The van der Waals surface area contributed by atoms with Gasteiger partial charge in [0.1, 0.15) is 5.82 Å². The summed E-state index contributed by atoms with van der Waals surface area (Å²) in [6.07, 6.45) is 0. The molecule has 2 rings (SSSR count). The van der Waals surface area contributed by atoms with Crippen LogP contribution in [0.4, 0.5) is 15.8 Å². The number of nitrogen functional groups attached to an aromatic ring is 1. The van der Waals surface area contributed by atoms with E-state index in [0.717, 1.165) is 22.5 Å². The number of rotatable bonds is 2. The highest BCUT2D eigenvalue weighted by molar-refractivity contribution is 5.80. The van der Waals surface area contributed by atoms with E-state index in [1.807, 2.05) is 37.2 Å². The largest absolute Gasteiger partial charge is 0.399 e. The molecule has 0 atom stereocenters. The second-order valence-corrected chi connectivity index (χ2v) is 4.18. The molecule has 0 aromatic heterocycles. The maximum Gasteiger partial charge on any atom is 0.123 e. The van der Waals surface area contributed by atoms with Gasteiger partial charge in [0.25, 0.3) is 0 Å². The third kappa shape index (κ3) is 2.38. The van der Waals surface area contributed by atoms with Crippen molar-refractivity contribution in [2.75, 3.05) is 24.7 Å². The van der Waals surface area contributed by atoms with Crippen molar-refractivity contribution in [3.8, 4) is 11.1 Å². The average Bonchev–Trinajstić information content (AvgIpc) is 2.30. The van der Waals surface area contributed by atoms with Gasteiger partial charge in [0.05, 0.1) is 0 Å². The molecule has 2 nitrogen and oxygen atoms in total. The first-order valence-corrected chi connectivity index (χ1v) is 5.41. The monoisotopic (exact) mass is 230 g/mol. The van der Waals surface area contributed by atoms with Crippen LogP contribution in [0.5, 0.6) is 0 Å². The van der Waals surface area contributed by atoms with Gasteiger partial charge in [-0.05, 0) is 29.8 Å². The van der Waals surface area contributed by atoms with Crippen molar-refractivity contribution >= 4 is 11.4 Å². The molecule has 0 amide bonds. The summed E-state index contributed by atoms with van der Waals surface area (Å²) in [7, 11) is 3.92. The molecule has 0 saturated heterocycles. The second kappa shape index (κ2) is 4.45. The van der Waals surface area contributed by atoms with E-state index in [-0.39, 0.29) is 5.82 Å². The van der Waals surface area contributed by atoms with Crippen LogP contribution >= 0.6 is 0 Å². The van der Waals surface area contributed by atoms with Crippen molar-refractivity contribution in [3.05, 3.63) is 48.3 Å². The Balaban J connectivity index is 2.54. The Morgan fingerprint density at radius 2 is 1.65 bits per heavy atom. The van der Waals surface area contributed by atoms with E-state index in [2.05, 4.69) is 0 Å². The van der Waals surface area contributed by atoms with Crippen LogP contribution < -0.4 is 10.6 Å². The summed E-state index contributed by atoms with van der Waals surface area (Å²) >= 11 is 0. The Bertz CT molecular complexity index is 518. The first-order valence-electron chi connectivity index (χ1n) is 5.41. The fraction of sp³-hybridized carbons (Fsp3) is 0.143. The summed E-state index contributed by atoms with van der Waals surface area (Å²) < 4.78 is 12.9. The molecule has 0 aliphatic rings. The van der Waals surface area contributed by atoms with Crippen molar-refractivity contribution in [1.82, 2.24) is 0 Å². The number of nitrogens with zero attached hydrogens (tertiary/aromatic N) is 1. The molecule has 0 saturated carbocycles. The van der Waals surface area contributed by atoms with Gasteiger partial charge in [-0.15, -0.1) is 0 Å². The summed E-state index contributed by atoms with van der Waals surface area (Å²) in [6.45, 7) is 0. The summed E-state index contributed by atoms with van der Waals surface area (Å²) in [5, 5.41) is 0. The zero-order chi connectivity index (χ0) is 12.4. The Hall–Kier alpha value is -2.03. The van der Waals surface area contributed by atoms with Gasteiger partial charge in [-0.3, -0.25) is 0 Å². The molecule has 88 valence electrons. The van der Waals surface area contributed by atoms with Crippen LogP contribution in [0.1, 0.15) is 0 Å². The zero-order valence-corrected chi connectivity index (χ0v) is 9.94. The van der Waals surface area contributed by atoms with E-state index in [1.54, 1.807) is 12.1 Å². The Morgan fingerprint density at radius 1 is 1.00 bits per heavy atom. The normalized spacial score (nSPS) is 10.3. The summed E-state index contributed by atoms with van der Waals surface area (Å²) in [4.78, 5) is 2.00. The Labute approximate surface area is 100 Å². The maximum atomic E-state index is 12.9. The van der Waals surface area contributed by atoms with Crippen molar-refractivity contribution in [2.45, 2.75) is 0 Å². The maximum absolute atomic E-state index is 12.9. The standard InChI is InChI=1S/C14H15FN2/c1-17(2)14-9-12(16)7-8-13(14)10-3-5-11(15)6-4-10/h3-9H,16H2,1-2H3. The molecule has 0 bridgehead atoms. The van der Waals surface area contributed by atoms with Gasteiger partial charge in [0.15, 0.2) is 0 Å². The number of halogens is 1. The highest BCUT2D eigenvalue weighted by Crippen LogP contribution is 2.31. The van der Waals surface area contributed by atoms with Crippen LogP contribution in [-0.2, 0) is 0 Å². The molecule has 2 aromatic rings. The third-order valence-corrected chi connectivity index (χ3v) is 2.66. The SMILES string of the molecule is CN(C)c1cc(N)ccc1-c1ccc(F)cc1. The van der Waals surface area contributed by atoms with E-state index in [4.69, 9.17) is 5.73 Å². The first-order chi connectivity index (χ1) is 8.08. The number of benzene rings is 2. The van der Waals surface area contributed by atoms with Gasteiger partial charge in [0.2, 0.25) is 0 Å². The molecular weight excluding hydrogens is 215 g/mol. The van der Waals surface area contributed by atoms with Crippen LogP contribution in [0.25, 0.3) is 11.1 Å². The molecule has 0 fully saturated rings. The smallest absolute Gasteiger partial charge is 0.123 e. The topological polar surface area (TPSA) is 29.3 Å².